The highest BCUT2D eigenvalue weighted by Gasteiger charge is 2.16. The van der Waals surface area contributed by atoms with Crippen molar-refractivity contribution in [3.8, 4) is 11.5 Å². The van der Waals surface area contributed by atoms with Crippen LogP contribution in [-0.2, 0) is 6.54 Å². The minimum absolute atomic E-state index is 0.247. The number of ether oxygens (including phenoxy) is 2. The maximum Gasteiger partial charge on any atom is 0.231 e. The Bertz CT molecular complexity index is 616. The lowest BCUT2D eigenvalue weighted by Crippen LogP contribution is -2.02. The molecule has 0 spiro atoms. The van der Waals surface area contributed by atoms with Crippen LogP contribution in [0.1, 0.15) is 11.1 Å². The van der Waals surface area contributed by atoms with Crippen LogP contribution in [0.2, 0.25) is 5.02 Å². The third-order valence-electron chi connectivity index (χ3n) is 3.08. The second kappa shape index (κ2) is 4.97. The summed E-state index contributed by atoms with van der Waals surface area (Å²) in [6.45, 7) is 2.97. The van der Waals surface area contributed by atoms with Gasteiger partial charge in [0.2, 0.25) is 6.79 Å². The fourth-order valence-electron chi connectivity index (χ4n) is 1.92. The number of halogens is 1. The number of anilines is 1. The van der Waals surface area contributed by atoms with Gasteiger partial charge in [-0.15, -0.1) is 0 Å². The molecule has 2 aromatic rings. The number of pyridine rings is 1. The van der Waals surface area contributed by atoms with Crippen LogP contribution in [-0.4, -0.2) is 11.8 Å². The van der Waals surface area contributed by atoms with E-state index in [1.54, 1.807) is 12.3 Å². The molecular formula is C14H13ClN2O2. The molecule has 0 fully saturated rings. The van der Waals surface area contributed by atoms with Gasteiger partial charge in [0.25, 0.3) is 0 Å². The topological polar surface area (TPSA) is 43.4 Å². The molecule has 1 aromatic heterocycles. The van der Waals surface area contributed by atoms with Gasteiger partial charge in [-0.1, -0.05) is 11.6 Å². The first-order valence-electron chi connectivity index (χ1n) is 5.96. The molecule has 0 unspecified atom stereocenters. The average Bonchev–Trinajstić information content (AvgIpc) is 2.84. The minimum Gasteiger partial charge on any atom is -0.454 e. The third kappa shape index (κ3) is 2.44. The summed E-state index contributed by atoms with van der Waals surface area (Å²) in [5, 5.41) is 3.91. The summed E-state index contributed by atoms with van der Waals surface area (Å²) in [4.78, 5) is 4.12. The van der Waals surface area contributed by atoms with Crippen LogP contribution in [0.4, 0.5) is 5.69 Å². The molecule has 98 valence electrons. The van der Waals surface area contributed by atoms with Gasteiger partial charge < -0.3 is 14.8 Å². The van der Waals surface area contributed by atoms with E-state index in [4.69, 9.17) is 21.1 Å². The number of nitrogens with zero attached hydrogens (tertiary/aromatic N) is 1. The van der Waals surface area contributed by atoms with Crippen LogP contribution in [0.3, 0.4) is 0 Å². The molecule has 0 atom stereocenters. The Hall–Kier alpha value is -1.94. The first kappa shape index (κ1) is 12.1. The molecular weight excluding hydrogens is 264 g/mol. The van der Waals surface area contributed by atoms with E-state index in [0.717, 1.165) is 17.0 Å². The lowest BCUT2D eigenvalue weighted by atomic mass is 10.1. The zero-order chi connectivity index (χ0) is 13.2. The Morgan fingerprint density at radius 1 is 1.32 bits per heavy atom. The van der Waals surface area contributed by atoms with E-state index < -0.39 is 0 Å². The van der Waals surface area contributed by atoms with E-state index in [-0.39, 0.29) is 6.79 Å². The van der Waals surface area contributed by atoms with Crippen LogP contribution in [0.5, 0.6) is 11.5 Å². The number of aryl methyl sites for hydroxylation is 1. The number of hydrogen-bond acceptors (Lipinski definition) is 4. The van der Waals surface area contributed by atoms with E-state index in [1.807, 2.05) is 18.3 Å². The second-order valence-electron chi connectivity index (χ2n) is 4.34. The summed E-state index contributed by atoms with van der Waals surface area (Å²) >= 11 is 6.20. The van der Waals surface area contributed by atoms with Crippen molar-refractivity contribution in [2.45, 2.75) is 13.5 Å². The van der Waals surface area contributed by atoms with Gasteiger partial charge in [-0.05, 0) is 24.1 Å². The SMILES string of the molecule is Cc1ccncc1CNc1cc2c(cc1Cl)OCO2. The molecule has 0 aliphatic carbocycles. The molecule has 0 saturated heterocycles. The van der Waals surface area contributed by atoms with E-state index in [2.05, 4.69) is 17.2 Å². The molecule has 0 amide bonds. The largest absolute Gasteiger partial charge is 0.454 e. The fraction of sp³-hybridized carbons (Fsp3) is 0.214. The van der Waals surface area contributed by atoms with Crippen LogP contribution in [0, 0.1) is 6.92 Å². The Kier molecular flexibility index (Phi) is 3.17. The van der Waals surface area contributed by atoms with Gasteiger partial charge >= 0.3 is 0 Å². The van der Waals surface area contributed by atoms with Gasteiger partial charge in [-0.3, -0.25) is 4.98 Å². The van der Waals surface area contributed by atoms with E-state index in [0.29, 0.717) is 17.3 Å². The van der Waals surface area contributed by atoms with Gasteiger partial charge in [-0.25, -0.2) is 0 Å². The summed E-state index contributed by atoms with van der Waals surface area (Å²) in [7, 11) is 0. The molecule has 1 aliphatic rings. The summed E-state index contributed by atoms with van der Waals surface area (Å²) in [5.41, 5.74) is 3.16. The number of fused-ring (bicyclic) bond motifs is 1. The monoisotopic (exact) mass is 276 g/mol. The van der Waals surface area contributed by atoms with Crippen LogP contribution in [0.15, 0.2) is 30.6 Å². The van der Waals surface area contributed by atoms with Crippen molar-refractivity contribution in [2.75, 3.05) is 12.1 Å². The van der Waals surface area contributed by atoms with Crippen LogP contribution >= 0.6 is 11.6 Å². The number of rotatable bonds is 3. The highest BCUT2D eigenvalue weighted by atomic mass is 35.5. The molecule has 0 bridgehead atoms. The fourth-order valence-corrected chi connectivity index (χ4v) is 2.15. The summed E-state index contributed by atoms with van der Waals surface area (Å²) in [6, 6.07) is 5.61. The van der Waals surface area contributed by atoms with Crippen LogP contribution in [0.25, 0.3) is 0 Å². The zero-order valence-electron chi connectivity index (χ0n) is 10.4. The van der Waals surface area contributed by atoms with Gasteiger partial charge in [0.1, 0.15) is 0 Å². The van der Waals surface area contributed by atoms with Gasteiger partial charge in [0.15, 0.2) is 11.5 Å². The minimum atomic E-state index is 0.247. The van der Waals surface area contributed by atoms with Crippen LogP contribution < -0.4 is 14.8 Å². The highest BCUT2D eigenvalue weighted by molar-refractivity contribution is 6.33. The highest BCUT2D eigenvalue weighted by Crippen LogP contribution is 2.39. The lowest BCUT2D eigenvalue weighted by Gasteiger charge is -2.10. The van der Waals surface area contributed by atoms with Gasteiger partial charge in [0, 0.05) is 31.1 Å². The van der Waals surface area contributed by atoms with Crippen molar-refractivity contribution in [3.05, 3.63) is 46.7 Å². The van der Waals surface area contributed by atoms with E-state index >= 15 is 0 Å². The van der Waals surface area contributed by atoms with Crippen molar-refractivity contribution < 1.29 is 9.47 Å². The quantitative estimate of drug-likeness (QED) is 0.933. The number of benzene rings is 1. The maximum absolute atomic E-state index is 6.20. The molecule has 4 nitrogen and oxygen atoms in total. The molecule has 2 heterocycles. The molecule has 3 rings (SSSR count). The summed E-state index contributed by atoms with van der Waals surface area (Å²) in [6.07, 6.45) is 3.63. The van der Waals surface area contributed by atoms with Crippen molar-refractivity contribution in [1.82, 2.24) is 4.98 Å². The molecule has 1 aromatic carbocycles. The van der Waals surface area contributed by atoms with E-state index in [9.17, 15) is 0 Å². The molecule has 0 radical (unpaired) electrons. The number of hydrogen-bond donors (Lipinski definition) is 1. The van der Waals surface area contributed by atoms with Crippen molar-refractivity contribution >= 4 is 17.3 Å². The van der Waals surface area contributed by atoms with E-state index in [1.165, 1.54) is 5.56 Å². The predicted octanol–water partition coefficient (Wildman–Crippen LogP) is 3.38. The van der Waals surface area contributed by atoms with Crippen molar-refractivity contribution in [3.63, 3.8) is 0 Å². The number of aromatic nitrogens is 1. The Labute approximate surface area is 116 Å². The molecule has 19 heavy (non-hydrogen) atoms. The average molecular weight is 277 g/mol. The Balaban J connectivity index is 1.79. The molecule has 1 N–H and O–H groups in total. The van der Waals surface area contributed by atoms with Gasteiger partial charge in [0.05, 0.1) is 10.7 Å². The molecule has 5 heteroatoms. The molecule has 1 aliphatic heterocycles. The first-order valence-corrected chi connectivity index (χ1v) is 6.34. The number of nitrogens with one attached hydrogen (secondary N) is 1. The predicted molar refractivity (Wildman–Crippen MR) is 73.9 cm³/mol. The second-order valence-corrected chi connectivity index (χ2v) is 4.75. The Morgan fingerprint density at radius 2 is 2.11 bits per heavy atom. The standard InChI is InChI=1S/C14H13ClN2O2/c1-9-2-3-16-6-10(9)7-17-12-5-14-13(4-11(12)15)18-8-19-14/h2-6,17H,7-8H2,1H3. The zero-order valence-corrected chi connectivity index (χ0v) is 11.2. The van der Waals surface area contributed by atoms with Gasteiger partial charge in [-0.2, -0.15) is 0 Å². The first-order chi connectivity index (χ1) is 9.24. The third-order valence-corrected chi connectivity index (χ3v) is 3.39. The molecule has 0 saturated carbocycles. The maximum atomic E-state index is 6.20. The Morgan fingerprint density at radius 3 is 2.89 bits per heavy atom. The summed E-state index contributed by atoms with van der Waals surface area (Å²) < 4.78 is 10.6. The lowest BCUT2D eigenvalue weighted by molar-refractivity contribution is 0.174. The van der Waals surface area contributed by atoms with Crippen molar-refractivity contribution in [2.24, 2.45) is 0 Å². The van der Waals surface area contributed by atoms with Crippen molar-refractivity contribution in [1.29, 1.82) is 0 Å². The smallest absolute Gasteiger partial charge is 0.231 e. The normalized spacial score (nSPS) is 12.5. The summed E-state index contributed by atoms with van der Waals surface area (Å²) in [5.74, 6) is 1.41.